The van der Waals surface area contributed by atoms with Crippen LogP contribution >= 0.6 is 11.8 Å². The van der Waals surface area contributed by atoms with E-state index >= 15 is 0 Å². The van der Waals surface area contributed by atoms with Crippen molar-refractivity contribution in [2.75, 3.05) is 39.3 Å². The highest BCUT2D eigenvalue weighted by molar-refractivity contribution is 7.99. The van der Waals surface area contributed by atoms with Gasteiger partial charge in [-0.2, -0.15) is 0 Å². The van der Waals surface area contributed by atoms with Gasteiger partial charge in [0.15, 0.2) is 0 Å². The summed E-state index contributed by atoms with van der Waals surface area (Å²) in [5.41, 5.74) is 2.65. The van der Waals surface area contributed by atoms with Crippen LogP contribution in [0.4, 0.5) is 9.18 Å². The summed E-state index contributed by atoms with van der Waals surface area (Å²) in [5, 5.41) is 24.7. The lowest BCUT2D eigenvalue weighted by atomic mass is 9.55. The molecular weight excluding hydrogens is 784 g/mol. The van der Waals surface area contributed by atoms with Crippen molar-refractivity contribution in [1.29, 1.82) is 0 Å². The van der Waals surface area contributed by atoms with Crippen LogP contribution in [0.5, 0.6) is 11.5 Å². The van der Waals surface area contributed by atoms with Gasteiger partial charge in [-0.25, -0.2) is 9.18 Å². The van der Waals surface area contributed by atoms with Crippen LogP contribution in [-0.2, 0) is 20.9 Å². The van der Waals surface area contributed by atoms with E-state index in [0.29, 0.717) is 36.5 Å². The lowest BCUT2D eigenvalue weighted by Gasteiger charge is -2.59. The number of carbonyl (C=O) groups excluding carboxylic acids is 1. The number of aliphatic hydroxyl groups excluding tert-OH is 2. The number of thioether (sulfide) groups is 1. The fourth-order valence-corrected chi connectivity index (χ4v) is 9.72. The minimum atomic E-state index is -1.47. The Kier molecular flexibility index (Phi) is 15.8. The highest BCUT2D eigenvalue weighted by Gasteiger charge is 2.65. The molecule has 2 aliphatic carbocycles. The Balaban J connectivity index is 1.54. The minimum absolute atomic E-state index is 0.0504. The first-order valence-electron chi connectivity index (χ1n) is 21.2. The average Bonchev–Trinajstić information content (AvgIpc) is 3.24. The van der Waals surface area contributed by atoms with Gasteiger partial charge in [0.05, 0.1) is 32.0 Å². The van der Waals surface area contributed by atoms with E-state index in [2.05, 4.69) is 30.9 Å². The van der Waals surface area contributed by atoms with Crippen LogP contribution in [0, 0.1) is 23.6 Å². The summed E-state index contributed by atoms with van der Waals surface area (Å²) in [5.74, 6) is -0.329. The largest absolute Gasteiger partial charge is 0.493 e. The van der Waals surface area contributed by atoms with Crippen LogP contribution in [0.1, 0.15) is 82.8 Å². The summed E-state index contributed by atoms with van der Waals surface area (Å²) in [6, 6.07) is 21.5. The number of rotatable bonds is 20. The molecule has 0 aromatic heterocycles. The second-order valence-electron chi connectivity index (χ2n) is 16.7. The van der Waals surface area contributed by atoms with E-state index in [4.69, 9.17) is 28.9 Å². The van der Waals surface area contributed by atoms with E-state index in [1.807, 2.05) is 51.1 Å². The second-order valence-corrected chi connectivity index (χ2v) is 17.9. The predicted molar refractivity (Wildman–Crippen MR) is 233 cm³/mol. The molecule has 12 heteroatoms. The van der Waals surface area contributed by atoms with Gasteiger partial charge < -0.3 is 34.0 Å². The molecule has 1 aliphatic heterocycles. The van der Waals surface area contributed by atoms with Crippen molar-refractivity contribution in [1.82, 2.24) is 4.90 Å². The van der Waals surface area contributed by atoms with E-state index in [0.717, 1.165) is 48.3 Å². The molecule has 0 saturated heterocycles. The standard InChI is InChI=1S/C48H61FN2O8S/c1-6-26-57-48-43(51(46(54)55-5)32-33-18-20-35(49)21-19-33)31-41(50-59-47(2,3)4)39-29-34(14-10-12-24-52)38(17-11-13-25-53)44(45(39)48)40-30-36(22-23-42(40)58-48)56-27-28-60-37-15-8-7-9-16-37/h6-9,15-16,18-23,29-30,34,38,43-45,52-53H,1,10-14,17,24-28,31-32H2,2-5H3/t34-,38+,43-,44+,45+,48+/m0/s1. The smallest absolute Gasteiger partial charge is 0.410 e. The number of benzene rings is 3. The molecule has 2 N–H and O–H groups in total. The number of fused-ring (bicyclic) bond motifs is 2. The van der Waals surface area contributed by atoms with Gasteiger partial charge in [-0.05, 0) is 112 Å². The Bertz CT molecular complexity index is 1940. The molecule has 1 heterocycles. The number of halogens is 1. The predicted octanol–water partition coefficient (Wildman–Crippen LogP) is 9.70. The molecule has 6 atom stereocenters. The maximum atomic E-state index is 14.2. The zero-order valence-corrected chi connectivity index (χ0v) is 36.2. The number of unbranched alkanes of at least 4 members (excludes halogenated alkanes) is 2. The number of methoxy groups -OCH3 is 1. The highest BCUT2D eigenvalue weighted by Crippen LogP contribution is 2.62. The van der Waals surface area contributed by atoms with Crippen molar-refractivity contribution >= 4 is 23.6 Å². The monoisotopic (exact) mass is 844 g/mol. The van der Waals surface area contributed by atoms with Gasteiger partial charge in [-0.3, -0.25) is 4.90 Å². The Hall–Kier alpha value is -4.36. The van der Waals surface area contributed by atoms with Crippen LogP contribution in [-0.4, -0.2) is 83.6 Å². The van der Waals surface area contributed by atoms with Gasteiger partial charge in [0, 0.05) is 48.3 Å². The Morgan fingerprint density at radius 2 is 1.77 bits per heavy atom. The fourth-order valence-electron chi connectivity index (χ4n) is 8.97. The number of ether oxygens (including phenoxy) is 4. The van der Waals surface area contributed by atoms with E-state index in [-0.39, 0.29) is 56.4 Å². The van der Waals surface area contributed by atoms with E-state index in [9.17, 15) is 19.4 Å². The molecule has 0 unspecified atom stereocenters. The van der Waals surface area contributed by atoms with Crippen LogP contribution in [0.25, 0.3) is 0 Å². The number of amides is 1. The van der Waals surface area contributed by atoms with Crippen LogP contribution in [0.15, 0.2) is 107 Å². The zero-order chi connectivity index (χ0) is 42.7. The average molecular weight is 845 g/mol. The molecule has 0 radical (unpaired) electrons. The summed E-state index contributed by atoms with van der Waals surface area (Å²) >= 11 is 1.73. The molecule has 1 saturated carbocycles. The minimum Gasteiger partial charge on any atom is -0.493 e. The number of hydrogen-bond donors (Lipinski definition) is 2. The first-order valence-corrected chi connectivity index (χ1v) is 22.2. The molecule has 0 spiro atoms. The van der Waals surface area contributed by atoms with Crippen molar-refractivity contribution < 1.29 is 43.2 Å². The van der Waals surface area contributed by atoms with Crippen molar-refractivity contribution in [3.05, 3.63) is 114 Å². The fraction of sp³-hybridized carbons (Fsp3) is 0.500. The summed E-state index contributed by atoms with van der Waals surface area (Å²) in [6.45, 7) is 10.7. The zero-order valence-electron chi connectivity index (χ0n) is 35.4. The quantitative estimate of drug-likeness (QED) is 0.0496. The molecule has 324 valence electrons. The van der Waals surface area contributed by atoms with Crippen molar-refractivity contribution in [3.63, 3.8) is 0 Å². The molecular formula is C48H61FN2O8S. The SMILES string of the molecule is C=CCO[C@@]12Oc3ccc(OCCSc4ccccc4)cc3[C@H]3[C@H](CCCCO)[C@@H](CCCCO)C=C(C(=NOC(C)(C)C)C[C@@H]1N(Cc1ccc(F)cc1)C(=O)OC)[C@H]32. The highest BCUT2D eigenvalue weighted by atomic mass is 32.2. The normalized spacial score (nSPS) is 23.8. The van der Waals surface area contributed by atoms with Crippen LogP contribution in [0.3, 0.4) is 0 Å². The van der Waals surface area contributed by atoms with Crippen molar-refractivity contribution in [2.45, 2.75) is 101 Å². The number of oxime groups is 1. The molecule has 60 heavy (non-hydrogen) atoms. The molecule has 1 amide bonds. The molecule has 3 aromatic rings. The summed E-state index contributed by atoms with van der Waals surface area (Å²) in [6.07, 6.45) is 8.17. The lowest BCUT2D eigenvalue weighted by molar-refractivity contribution is -0.256. The molecule has 6 rings (SSSR count). The summed E-state index contributed by atoms with van der Waals surface area (Å²) < 4.78 is 40.4. The van der Waals surface area contributed by atoms with Gasteiger partial charge in [0.2, 0.25) is 5.79 Å². The van der Waals surface area contributed by atoms with Crippen molar-refractivity contribution in [2.24, 2.45) is 22.9 Å². The first kappa shape index (κ1) is 45.2. The first-order chi connectivity index (χ1) is 29.0. The Morgan fingerprint density at radius 3 is 2.45 bits per heavy atom. The molecule has 0 bridgehead atoms. The van der Waals surface area contributed by atoms with E-state index in [1.165, 1.54) is 24.1 Å². The third kappa shape index (κ3) is 10.7. The maximum absolute atomic E-state index is 14.2. The third-order valence-electron chi connectivity index (χ3n) is 11.5. The third-order valence-corrected chi connectivity index (χ3v) is 12.5. The van der Waals surface area contributed by atoms with Gasteiger partial charge in [-0.15, -0.1) is 18.3 Å². The lowest BCUT2D eigenvalue weighted by Crippen LogP contribution is -2.70. The molecule has 1 fully saturated rings. The van der Waals surface area contributed by atoms with E-state index < -0.39 is 29.4 Å². The summed E-state index contributed by atoms with van der Waals surface area (Å²) in [7, 11) is 1.34. The van der Waals surface area contributed by atoms with Crippen molar-refractivity contribution in [3.8, 4) is 11.5 Å². The summed E-state index contributed by atoms with van der Waals surface area (Å²) in [4.78, 5) is 23.1. The maximum Gasteiger partial charge on any atom is 0.410 e. The number of hydrogen-bond acceptors (Lipinski definition) is 10. The molecule has 3 aliphatic rings. The second kappa shape index (κ2) is 20.9. The number of nitrogens with zero attached hydrogens (tertiary/aromatic N) is 2. The molecule has 3 aromatic carbocycles. The van der Waals surface area contributed by atoms with Gasteiger partial charge in [-0.1, -0.05) is 60.5 Å². The number of allylic oxidation sites excluding steroid dienone is 1. The van der Waals surface area contributed by atoms with Gasteiger partial charge in [0.1, 0.15) is 29.0 Å². The van der Waals surface area contributed by atoms with Gasteiger partial charge >= 0.3 is 6.09 Å². The van der Waals surface area contributed by atoms with Gasteiger partial charge in [0.25, 0.3) is 0 Å². The van der Waals surface area contributed by atoms with Crippen LogP contribution < -0.4 is 9.47 Å². The topological polar surface area (TPSA) is 119 Å². The van der Waals surface area contributed by atoms with Crippen LogP contribution in [0.2, 0.25) is 0 Å². The Morgan fingerprint density at radius 1 is 1.03 bits per heavy atom. The Labute approximate surface area is 358 Å². The number of carbonyl (C=O) groups is 1. The molecule has 10 nitrogen and oxygen atoms in total. The van der Waals surface area contributed by atoms with E-state index in [1.54, 1.807) is 34.9 Å². The number of aliphatic hydroxyl groups is 2.